The average Bonchev–Trinajstić information content (AvgIpc) is 3.02. The van der Waals surface area contributed by atoms with E-state index in [1.165, 1.54) is 18.4 Å². The first-order valence-corrected chi connectivity index (χ1v) is 8.17. The van der Waals surface area contributed by atoms with Crippen molar-refractivity contribution in [3.05, 3.63) is 40.9 Å². The Morgan fingerprint density at radius 1 is 1.21 bits per heavy atom. The van der Waals surface area contributed by atoms with Gasteiger partial charge in [0.2, 0.25) is 5.91 Å². The second-order valence-corrected chi connectivity index (χ2v) is 5.74. The van der Waals surface area contributed by atoms with Crippen molar-refractivity contribution in [2.45, 2.75) is 12.8 Å². The van der Waals surface area contributed by atoms with Crippen LogP contribution in [0, 0.1) is 0 Å². The van der Waals surface area contributed by atoms with Crippen LogP contribution < -0.4 is 15.4 Å². The lowest BCUT2D eigenvalue weighted by Gasteiger charge is -2.05. The Morgan fingerprint density at radius 2 is 1.96 bits per heavy atom. The monoisotopic (exact) mass is 349 g/mol. The molecule has 0 atom stereocenters. The maximum atomic E-state index is 11.9. The van der Waals surface area contributed by atoms with Gasteiger partial charge in [0, 0.05) is 11.9 Å². The molecule has 1 aromatic carbocycles. The highest BCUT2D eigenvalue weighted by molar-refractivity contribution is 7.13. The molecule has 0 spiro atoms. The summed E-state index contributed by atoms with van der Waals surface area (Å²) in [6.07, 6.45) is 0.323. The SMILES string of the molecule is COC(=O)Nc1nc(CC(=O)NCCc2ccc(OC)cc2)cs1. The van der Waals surface area contributed by atoms with E-state index in [1.54, 1.807) is 12.5 Å². The normalized spacial score (nSPS) is 10.1. The zero-order valence-corrected chi connectivity index (χ0v) is 14.3. The molecule has 24 heavy (non-hydrogen) atoms. The van der Waals surface area contributed by atoms with E-state index in [0.717, 1.165) is 17.7 Å². The summed E-state index contributed by atoms with van der Waals surface area (Å²) in [5.74, 6) is 0.695. The second-order valence-electron chi connectivity index (χ2n) is 4.89. The molecule has 2 rings (SSSR count). The van der Waals surface area contributed by atoms with Crippen LogP contribution in [0.4, 0.5) is 9.93 Å². The van der Waals surface area contributed by atoms with Crippen LogP contribution in [0.3, 0.4) is 0 Å². The quantitative estimate of drug-likeness (QED) is 0.800. The van der Waals surface area contributed by atoms with Crippen molar-refractivity contribution in [2.75, 3.05) is 26.1 Å². The van der Waals surface area contributed by atoms with Gasteiger partial charge in [0.25, 0.3) is 0 Å². The fourth-order valence-corrected chi connectivity index (χ4v) is 2.65. The maximum absolute atomic E-state index is 11.9. The highest BCUT2D eigenvalue weighted by Crippen LogP contribution is 2.16. The van der Waals surface area contributed by atoms with Crippen LogP contribution in [0.2, 0.25) is 0 Å². The summed E-state index contributed by atoms with van der Waals surface area (Å²) in [6, 6.07) is 7.72. The number of nitrogens with one attached hydrogen (secondary N) is 2. The Bertz CT molecular complexity index is 685. The third-order valence-electron chi connectivity index (χ3n) is 3.18. The molecule has 0 aliphatic rings. The maximum Gasteiger partial charge on any atom is 0.413 e. The largest absolute Gasteiger partial charge is 0.497 e. The van der Waals surface area contributed by atoms with Gasteiger partial charge in [-0.05, 0) is 24.1 Å². The molecule has 0 bridgehead atoms. The zero-order valence-electron chi connectivity index (χ0n) is 13.5. The molecule has 2 N–H and O–H groups in total. The van der Waals surface area contributed by atoms with Crippen LogP contribution >= 0.6 is 11.3 Å². The third kappa shape index (κ3) is 5.54. The van der Waals surface area contributed by atoms with Gasteiger partial charge in [-0.3, -0.25) is 10.1 Å². The van der Waals surface area contributed by atoms with Crippen LogP contribution in [0.15, 0.2) is 29.6 Å². The summed E-state index contributed by atoms with van der Waals surface area (Å²) in [5.41, 5.74) is 1.72. The Hall–Kier alpha value is -2.61. The predicted molar refractivity (Wildman–Crippen MR) is 91.6 cm³/mol. The molecule has 0 aliphatic heterocycles. The minimum atomic E-state index is -0.583. The van der Waals surface area contributed by atoms with Gasteiger partial charge in [-0.1, -0.05) is 12.1 Å². The van der Waals surface area contributed by atoms with Gasteiger partial charge in [-0.15, -0.1) is 11.3 Å². The lowest BCUT2D eigenvalue weighted by Crippen LogP contribution is -2.27. The number of carbonyl (C=O) groups is 2. The van der Waals surface area contributed by atoms with E-state index in [9.17, 15) is 9.59 Å². The Labute approximate surface area is 144 Å². The summed E-state index contributed by atoms with van der Waals surface area (Å²) in [5, 5.41) is 7.45. The van der Waals surface area contributed by atoms with E-state index in [2.05, 4.69) is 20.4 Å². The Balaban J connectivity index is 1.73. The molecular weight excluding hydrogens is 330 g/mol. The van der Waals surface area contributed by atoms with Crippen LogP contribution in [0.1, 0.15) is 11.3 Å². The minimum absolute atomic E-state index is 0.113. The molecule has 0 saturated carbocycles. The lowest BCUT2D eigenvalue weighted by atomic mass is 10.1. The number of thiazole rings is 1. The average molecular weight is 349 g/mol. The number of carbonyl (C=O) groups excluding carboxylic acids is 2. The predicted octanol–water partition coefficient (Wildman–Crippen LogP) is 2.23. The Morgan fingerprint density at radius 3 is 2.62 bits per heavy atom. The van der Waals surface area contributed by atoms with E-state index >= 15 is 0 Å². The molecule has 0 fully saturated rings. The number of benzene rings is 1. The smallest absolute Gasteiger partial charge is 0.413 e. The molecule has 0 unspecified atom stereocenters. The number of ether oxygens (including phenoxy) is 2. The second kappa shape index (κ2) is 8.88. The van der Waals surface area contributed by atoms with Gasteiger partial charge in [-0.25, -0.2) is 9.78 Å². The minimum Gasteiger partial charge on any atom is -0.497 e. The third-order valence-corrected chi connectivity index (χ3v) is 3.99. The van der Waals surface area contributed by atoms with E-state index in [0.29, 0.717) is 17.4 Å². The molecule has 1 heterocycles. The first kappa shape index (κ1) is 17.7. The molecule has 128 valence electrons. The van der Waals surface area contributed by atoms with Gasteiger partial charge < -0.3 is 14.8 Å². The summed E-state index contributed by atoms with van der Waals surface area (Å²) < 4.78 is 9.59. The van der Waals surface area contributed by atoms with Gasteiger partial charge in [0.1, 0.15) is 5.75 Å². The Kier molecular flexibility index (Phi) is 6.56. The molecule has 0 radical (unpaired) electrons. The summed E-state index contributed by atoms with van der Waals surface area (Å²) in [4.78, 5) is 27.1. The van der Waals surface area contributed by atoms with Gasteiger partial charge in [-0.2, -0.15) is 0 Å². The fourth-order valence-electron chi connectivity index (χ4n) is 1.95. The molecule has 8 heteroatoms. The topological polar surface area (TPSA) is 89.5 Å². The molecule has 2 aromatic rings. The molecule has 2 amide bonds. The van der Waals surface area contributed by atoms with Gasteiger partial charge >= 0.3 is 6.09 Å². The van der Waals surface area contributed by atoms with Crippen molar-refractivity contribution in [3.8, 4) is 5.75 Å². The van der Waals surface area contributed by atoms with Crippen LogP contribution in [0.25, 0.3) is 0 Å². The summed E-state index contributed by atoms with van der Waals surface area (Å²) in [7, 11) is 2.90. The van der Waals surface area contributed by atoms with Gasteiger partial charge in [0.05, 0.1) is 26.3 Å². The van der Waals surface area contributed by atoms with E-state index in [4.69, 9.17) is 4.74 Å². The number of aromatic nitrogens is 1. The molecular formula is C16H19N3O4S. The van der Waals surface area contributed by atoms with E-state index < -0.39 is 6.09 Å². The number of hydrogen-bond acceptors (Lipinski definition) is 6. The molecule has 1 aromatic heterocycles. The van der Waals surface area contributed by atoms with Crippen molar-refractivity contribution in [1.82, 2.24) is 10.3 Å². The number of anilines is 1. The van der Waals surface area contributed by atoms with Gasteiger partial charge in [0.15, 0.2) is 5.13 Å². The number of hydrogen-bond donors (Lipinski definition) is 2. The molecule has 0 saturated heterocycles. The highest BCUT2D eigenvalue weighted by atomic mass is 32.1. The van der Waals surface area contributed by atoms with Crippen LogP contribution in [-0.2, 0) is 22.4 Å². The summed E-state index contributed by atoms with van der Waals surface area (Å²) >= 11 is 1.24. The zero-order chi connectivity index (χ0) is 17.4. The highest BCUT2D eigenvalue weighted by Gasteiger charge is 2.09. The van der Waals surface area contributed by atoms with E-state index in [1.807, 2.05) is 24.3 Å². The molecule has 0 aliphatic carbocycles. The standard InChI is InChI=1S/C16H19N3O4S/c1-22-13-5-3-11(4-6-13)7-8-17-14(20)9-12-10-24-15(18-12)19-16(21)23-2/h3-6,10H,7-9H2,1-2H3,(H,17,20)(H,18,19,21). The van der Waals surface area contributed by atoms with Crippen molar-refractivity contribution < 1.29 is 19.1 Å². The number of methoxy groups -OCH3 is 2. The van der Waals surface area contributed by atoms with Crippen molar-refractivity contribution in [3.63, 3.8) is 0 Å². The first-order chi connectivity index (χ1) is 11.6. The first-order valence-electron chi connectivity index (χ1n) is 7.29. The number of nitrogens with zero attached hydrogens (tertiary/aromatic N) is 1. The van der Waals surface area contributed by atoms with E-state index in [-0.39, 0.29) is 12.3 Å². The van der Waals surface area contributed by atoms with Crippen molar-refractivity contribution >= 4 is 28.5 Å². The van der Waals surface area contributed by atoms with Crippen LogP contribution in [0.5, 0.6) is 5.75 Å². The summed E-state index contributed by atoms with van der Waals surface area (Å²) in [6.45, 7) is 0.544. The van der Waals surface area contributed by atoms with Crippen molar-refractivity contribution in [1.29, 1.82) is 0 Å². The number of amides is 2. The number of rotatable bonds is 7. The fraction of sp³-hybridized carbons (Fsp3) is 0.312. The van der Waals surface area contributed by atoms with Crippen molar-refractivity contribution in [2.24, 2.45) is 0 Å². The molecule has 7 nitrogen and oxygen atoms in total. The lowest BCUT2D eigenvalue weighted by molar-refractivity contribution is -0.120. The van der Waals surface area contributed by atoms with Crippen LogP contribution in [-0.4, -0.2) is 37.7 Å².